The molecule has 0 aromatic heterocycles. The van der Waals surface area contributed by atoms with E-state index < -0.39 is 6.23 Å². The molecule has 1 amide bonds. The largest absolute Gasteiger partial charge is 0.374 e. The van der Waals surface area contributed by atoms with Gasteiger partial charge in [-0.3, -0.25) is 4.79 Å². The molecule has 1 aliphatic heterocycles. The molecular formula is C11H21NO2. The van der Waals surface area contributed by atoms with Crippen molar-refractivity contribution in [3.8, 4) is 0 Å². The smallest absolute Gasteiger partial charge is 0.224 e. The number of aliphatic hydroxyl groups is 1. The van der Waals surface area contributed by atoms with Gasteiger partial charge in [0.25, 0.3) is 0 Å². The van der Waals surface area contributed by atoms with Gasteiger partial charge in [0.15, 0.2) is 0 Å². The molecule has 0 bridgehead atoms. The van der Waals surface area contributed by atoms with Crippen molar-refractivity contribution in [3.63, 3.8) is 0 Å². The third-order valence-corrected chi connectivity index (χ3v) is 2.79. The molecule has 1 saturated heterocycles. The summed E-state index contributed by atoms with van der Waals surface area (Å²) in [7, 11) is 0. The minimum absolute atomic E-state index is 0.119. The molecule has 1 rings (SSSR count). The Morgan fingerprint density at radius 2 is 2.21 bits per heavy atom. The molecule has 1 N–H and O–H groups in total. The first kappa shape index (κ1) is 11.5. The van der Waals surface area contributed by atoms with Crippen molar-refractivity contribution in [1.82, 2.24) is 4.90 Å². The van der Waals surface area contributed by atoms with Crippen molar-refractivity contribution in [2.75, 3.05) is 6.54 Å². The van der Waals surface area contributed by atoms with Crippen LogP contribution >= 0.6 is 0 Å². The second kappa shape index (κ2) is 6.02. The highest BCUT2D eigenvalue weighted by Crippen LogP contribution is 2.16. The fourth-order valence-electron chi connectivity index (χ4n) is 1.89. The van der Waals surface area contributed by atoms with Gasteiger partial charge < -0.3 is 10.0 Å². The number of unbranched alkanes of at least 4 members (excludes halogenated alkanes) is 3. The monoisotopic (exact) mass is 199 g/mol. The predicted molar refractivity (Wildman–Crippen MR) is 55.7 cm³/mol. The van der Waals surface area contributed by atoms with E-state index in [1.54, 1.807) is 4.90 Å². The number of hydrogen-bond donors (Lipinski definition) is 1. The Balaban J connectivity index is 2.14. The summed E-state index contributed by atoms with van der Waals surface area (Å²) >= 11 is 0. The van der Waals surface area contributed by atoms with Gasteiger partial charge in [-0.25, -0.2) is 0 Å². The Hall–Kier alpha value is -0.570. The summed E-state index contributed by atoms with van der Waals surface area (Å²) in [5.41, 5.74) is 0. The van der Waals surface area contributed by atoms with E-state index in [2.05, 4.69) is 6.92 Å². The van der Waals surface area contributed by atoms with E-state index in [9.17, 15) is 9.90 Å². The van der Waals surface area contributed by atoms with Gasteiger partial charge >= 0.3 is 0 Å². The van der Waals surface area contributed by atoms with Gasteiger partial charge in [-0.05, 0) is 19.3 Å². The average Bonchev–Trinajstić information content (AvgIpc) is 2.59. The van der Waals surface area contributed by atoms with Gasteiger partial charge in [0, 0.05) is 13.0 Å². The summed E-state index contributed by atoms with van der Waals surface area (Å²) in [4.78, 5) is 12.9. The molecule has 3 heteroatoms. The van der Waals surface area contributed by atoms with Gasteiger partial charge in [0.05, 0.1) is 0 Å². The highest BCUT2D eigenvalue weighted by Gasteiger charge is 2.25. The molecule has 1 unspecified atom stereocenters. The quantitative estimate of drug-likeness (QED) is 0.664. The topological polar surface area (TPSA) is 40.5 Å². The van der Waals surface area contributed by atoms with E-state index in [0.717, 1.165) is 32.2 Å². The normalized spacial score (nSPS) is 19.0. The van der Waals surface area contributed by atoms with E-state index >= 15 is 0 Å². The number of amides is 1. The predicted octanol–water partition coefficient (Wildman–Crippen LogP) is 1.90. The third kappa shape index (κ3) is 3.29. The summed E-state index contributed by atoms with van der Waals surface area (Å²) in [5.74, 6) is 0.119. The van der Waals surface area contributed by atoms with Crippen molar-refractivity contribution in [2.24, 2.45) is 0 Å². The molecule has 14 heavy (non-hydrogen) atoms. The van der Waals surface area contributed by atoms with Crippen molar-refractivity contribution in [2.45, 2.75) is 58.1 Å². The molecule has 3 nitrogen and oxygen atoms in total. The van der Waals surface area contributed by atoms with Crippen LogP contribution in [0.2, 0.25) is 0 Å². The zero-order chi connectivity index (χ0) is 10.4. The van der Waals surface area contributed by atoms with E-state index in [1.165, 1.54) is 12.8 Å². The van der Waals surface area contributed by atoms with Gasteiger partial charge in [-0.2, -0.15) is 0 Å². The molecule has 1 atom stereocenters. The van der Waals surface area contributed by atoms with Crippen LogP contribution in [0, 0.1) is 0 Å². The van der Waals surface area contributed by atoms with Gasteiger partial charge in [0.1, 0.15) is 6.23 Å². The number of carbonyl (C=O) groups is 1. The molecule has 82 valence electrons. The van der Waals surface area contributed by atoms with Gasteiger partial charge in [-0.1, -0.05) is 26.2 Å². The lowest BCUT2D eigenvalue weighted by Crippen LogP contribution is -2.35. The lowest BCUT2D eigenvalue weighted by atomic mass is 10.1. The molecule has 0 aromatic carbocycles. The maximum atomic E-state index is 11.3. The van der Waals surface area contributed by atoms with Crippen LogP contribution in [0.25, 0.3) is 0 Å². The number of likely N-dealkylation sites (tertiary alicyclic amines) is 1. The number of rotatable bonds is 6. The fraction of sp³-hybridized carbons (Fsp3) is 0.909. The maximum absolute atomic E-state index is 11.3. The number of carbonyl (C=O) groups excluding carboxylic acids is 1. The SMILES string of the molecule is CCCCCCC(O)N1CCCC1=O. The van der Waals surface area contributed by atoms with Crippen LogP contribution in [-0.2, 0) is 4.79 Å². The van der Waals surface area contributed by atoms with E-state index in [1.807, 2.05) is 0 Å². The Labute approximate surface area is 86.1 Å². The highest BCUT2D eigenvalue weighted by molar-refractivity contribution is 5.78. The molecule has 0 aliphatic carbocycles. The number of aliphatic hydroxyl groups excluding tert-OH is 1. The second-order valence-electron chi connectivity index (χ2n) is 4.02. The lowest BCUT2D eigenvalue weighted by molar-refractivity contribution is -0.136. The number of hydrogen-bond acceptors (Lipinski definition) is 2. The molecule has 1 aliphatic rings. The van der Waals surface area contributed by atoms with Crippen LogP contribution in [0.5, 0.6) is 0 Å². The van der Waals surface area contributed by atoms with Crippen LogP contribution in [-0.4, -0.2) is 28.7 Å². The fourth-order valence-corrected chi connectivity index (χ4v) is 1.89. The van der Waals surface area contributed by atoms with Gasteiger partial charge in [-0.15, -0.1) is 0 Å². The molecular weight excluding hydrogens is 178 g/mol. The van der Waals surface area contributed by atoms with Crippen LogP contribution in [0.3, 0.4) is 0 Å². The Morgan fingerprint density at radius 3 is 2.79 bits per heavy atom. The zero-order valence-electron chi connectivity index (χ0n) is 9.04. The number of nitrogens with zero attached hydrogens (tertiary/aromatic N) is 1. The summed E-state index contributed by atoms with van der Waals surface area (Å²) < 4.78 is 0. The second-order valence-corrected chi connectivity index (χ2v) is 4.02. The van der Waals surface area contributed by atoms with Crippen molar-refractivity contribution >= 4 is 5.91 Å². The van der Waals surface area contributed by atoms with E-state index in [-0.39, 0.29) is 5.91 Å². The van der Waals surface area contributed by atoms with E-state index in [0.29, 0.717) is 6.42 Å². The van der Waals surface area contributed by atoms with Crippen molar-refractivity contribution < 1.29 is 9.90 Å². The summed E-state index contributed by atoms with van der Waals surface area (Å²) in [6, 6.07) is 0. The first-order chi connectivity index (χ1) is 6.75. The zero-order valence-corrected chi connectivity index (χ0v) is 9.04. The minimum Gasteiger partial charge on any atom is -0.374 e. The lowest BCUT2D eigenvalue weighted by Gasteiger charge is -2.22. The highest BCUT2D eigenvalue weighted by atomic mass is 16.3. The van der Waals surface area contributed by atoms with E-state index in [4.69, 9.17) is 0 Å². The Morgan fingerprint density at radius 1 is 1.43 bits per heavy atom. The maximum Gasteiger partial charge on any atom is 0.224 e. The van der Waals surface area contributed by atoms with Crippen molar-refractivity contribution in [1.29, 1.82) is 0 Å². The van der Waals surface area contributed by atoms with Gasteiger partial charge in [0.2, 0.25) is 5.91 Å². The Kier molecular flexibility index (Phi) is 4.94. The van der Waals surface area contributed by atoms with Crippen LogP contribution < -0.4 is 0 Å². The molecule has 0 spiro atoms. The minimum atomic E-state index is -0.526. The van der Waals surface area contributed by atoms with Crippen LogP contribution in [0.1, 0.15) is 51.9 Å². The molecule has 1 heterocycles. The first-order valence-electron chi connectivity index (χ1n) is 5.73. The molecule has 0 aromatic rings. The average molecular weight is 199 g/mol. The van der Waals surface area contributed by atoms with Crippen LogP contribution in [0.4, 0.5) is 0 Å². The third-order valence-electron chi connectivity index (χ3n) is 2.79. The molecule has 0 radical (unpaired) electrons. The summed E-state index contributed by atoms with van der Waals surface area (Å²) in [5, 5.41) is 9.72. The standard InChI is InChI=1S/C11H21NO2/c1-2-3-4-5-7-10(13)12-9-6-8-11(12)14/h10,13H,2-9H2,1H3. The molecule has 0 saturated carbocycles. The van der Waals surface area contributed by atoms with Crippen LogP contribution in [0.15, 0.2) is 0 Å². The Bertz CT molecular complexity index is 182. The van der Waals surface area contributed by atoms with Crippen molar-refractivity contribution in [3.05, 3.63) is 0 Å². The molecule has 1 fully saturated rings. The summed E-state index contributed by atoms with van der Waals surface area (Å²) in [6.07, 6.45) is 6.36. The summed E-state index contributed by atoms with van der Waals surface area (Å²) in [6.45, 7) is 2.91. The first-order valence-corrected chi connectivity index (χ1v) is 5.73.